The second-order valence-corrected chi connectivity index (χ2v) is 11.1. The maximum absolute atomic E-state index is 13.5. The van der Waals surface area contributed by atoms with E-state index in [0.717, 1.165) is 23.1 Å². The van der Waals surface area contributed by atoms with Gasteiger partial charge in [-0.05, 0) is 43.5 Å². The molecule has 206 valence electrons. The van der Waals surface area contributed by atoms with Gasteiger partial charge in [0.1, 0.15) is 29.0 Å². The summed E-state index contributed by atoms with van der Waals surface area (Å²) in [4.78, 5) is 32.9. The summed E-state index contributed by atoms with van der Waals surface area (Å²) in [5.41, 5.74) is 8.91. The van der Waals surface area contributed by atoms with Crippen LogP contribution in [0.5, 0.6) is 5.75 Å². The predicted octanol–water partition coefficient (Wildman–Crippen LogP) is 3.68. The van der Waals surface area contributed by atoms with E-state index in [9.17, 15) is 14.9 Å². The van der Waals surface area contributed by atoms with Gasteiger partial charge in [-0.2, -0.15) is 5.26 Å². The zero-order chi connectivity index (χ0) is 28.2. The lowest BCUT2D eigenvalue weighted by molar-refractivity contribution is 0.0999. The van der Waals surface area contributed by atoms with Crippen molar-refractivity contribution in [3.63, 3.8) is 0 Å². The third-order valence-corrected chi connectivity index (χ3v) is 8.26. The number of rotatable bonds is 5. The molecule has 0 radical (unpaired) electrons. The van der Waals surface area contributed by atoms with Gasteiger partial charge in [0.25, 0.3) is 11.5 Å². The number of nitrogens with zero attached hydrogens (tertiary/aromatic N) is 4. The number of oxazole rings is 1. The molecule has 2 N–H and O–H groups in total. The first-order valence-electron chi connectivity index (χ1n) is 13.5. The third kappa shape index (κ3) is 4.27. The first kappa shape index (κ1) is 25.9. The van der Waals surface area contributed by atoms with E-state index in [1.807, 2.05) is 30.0 Å². The summed E-state index contributed by atoms with van der Waals surface area (Å²) in [6, 6.07) is 11.6. The Morgan fingerprint density at radius 3 is 2.70 bits per heavy atom. The molecule has 0 saturated carbocycles. The molecule has 0 bridgehead atoms. The van der Waals surface area contributed by atoms with Crippen molar-refractivity contribution in [3.05, 3.63) is 63.3 Å². The molecule has 6 rings (SSSR count). The van der Waals surface area contributed by atoms with E-state index in [2.05, 4.69) is 13.0 Å². The number of benzene rings is 2. The summed E-state index contributed by atoms with van der Waals surface area (Å²) in [6.07, 6.45) is 1.92. The molecule has 2 aromatic heterocycles. The van der Waals surface area contributed by atoms with E-state index < -0.39 is 11.5 Å². The van der Waals surface area contributed by atoms with Gasteiger partial charge in [-0.25, -0.2) is 4.98 Å². The Morgan fingerprint density at radius 2 is 2.02 bits per heavy atom. The summed E-state index contributed by atoms with van der Waals surface area (Å²) >= 11 is 0. The van der Waals surface area contributed by atoms with Crippen LogP contribution in [0.15, 0.2) is 39.5 Å². The van der Waals surface area contributed by atoms with E-state index in [0.29, 0.717) is 72.9 Å². The van der Waals surface area contributed by atoms with Crippen LogP contribution in [0.2, 0.25) is 0 Å². The van der Waals surface area contributed by atoms with Gasteiger partial charge >= 0.3 is 0 Å². The number of anilines is 1. The van der Waals surface area contributed by atoms with Gasteiger partial charge in [-0.3, -0.25) is 9.59 Å². The summed E-state index contributed by atoms with van der Waals surface area (Å²) in [5, 5.41) is 10.6. The Labute approximate surface area is 230 Å². The van der Waals surface area contributed by atoms with Gasteiger partial charge in [-0.15, -0.1) is 0 Å². The normalized spacial score (nSPS) is 18.8. The van der Waals surface area contributed by atoms with Crippen molar-refractivity contribution in [2.45, 2.75) is 44.6 Å². The largest absolute Gasteiger partial charge is 0.486 e. The molecule has 2 saturated heterocycles. The van der Waals surface area contributed by atoms with Crippen molar-refractivity contribution < 1.29 is 18.7 Å². The summed E-state index contributed by atoms with van der Waals surface area (Å²) in [5.74, 6) is 0.263. The number of carbonyl (C=O) groups excluding carboxylic acids is 1. The lowest BCUT2D eigenvalue weighted by Crippen LogP contribution is -2.43. The van der Waals surface area contributed by atoms with E-state index in [1.54, 1.807) is 19.2 Å². The molecule has 2 aliphatic rings. The molecule has 4 aromatic rings. The number of hydrogen-bond donors (Lipinski definition) is 1. The van der Waals surface area contributed by atoms with Crippen molar-refractivity contribution in [2.75, 3.05) is 31.2 Å². The molecule has 2 aromatic carbocycles. The topological polar surface area (TPSA) is 137 Å². The average molecular weight is 542 g/mol. The molecule has 2 fully saturated rings. The monoisotopic (exact) mass is 541 g/mol. The van der Waals surface area contributed by atoms with Gasteiger partial charge in [0, 0.05) is 43.4 Å². The zero-order valence-corrected chi connectivity index (χ0v) is 22.8. The minimum absolute atomic E-state index is 0.0855. The molecule has 10 heteroatoms. The summed E-state index contributed by atoms with van der Waals surface area (Å²) in [7, 11) is 1.59. The first-order valence-corrected chi connectivity index (χ1v) is 13.5. The first-order chi connectivity index (χ1) is 19.2. The van der Waals surface area contributed by atoms with E-state index in [1.165, 1.54) is 4.57 Å². The maximum Gasteiger partial charge on any atom is 0.265 e. The van der Waals surface area contributed by atoms with Crippen LogP contribution in [0.1, 0.15) is 53.6 Å². The fraction of sp³-hybridized carbons (Fsp3) is 0.400. The van der Waals surface area contributed by atoms with Gasteiger partial charge in [0.15, 0.2) is 5.58 Å². The number of aryl methyl sites for hydroxylation is 2. The fourth-order valence-corrected chi connectivity index (χ4v) is 5.80. The molecule has 1 amide bonds. The molecule has 10 nitrogen and oxygen atoms in total. The number of primary amides is 1. The van der Waals surface area contributed by atoms with Crippen molar-refractivity contribution >= 4 is 33.6 Å². The molecule has 2 aliphatic heterocycles. The molecule has 4 heterocycles. The fourth-order valence-electron chi connectivity index (χ4n) is 5.80. The zero-order valence-electron chi connectivity index (χ0n) is 22.8. The van der Waals surface area contributed by atoms with E-state index >= 15 is 0 Å². The Hall–Kier alpha value is -4.36. The van der Waals surface area contributed by atoms with Gasteiger partial charge < -0.3 is 29.1 Å². The molecular weight excluding hydrogens is 510 g/mol. The van der Waals surface area contributed by atoms with Crippen LogP contribution >= 0.6 is 0 Å². The number of pyridine rings is 1. The van der Waals surface area contributed by atoms with Crippen molar-refractivity contribution in [1.29, 1.82) is 5.26 Å². The molecule has 40 heavy (non-hydrogen) atoms. The SMILES string of the molecule is Cc1ccc2oc(C3(C)CCN(c4c(C(N)=O)c(=O)n(C)c5cc(O[C@H]6CCOC6)c(C#N)cc45)CC3)nc2c1. The van der Waals surface area contributed by atoms with E-state index in [4.69, 9.17) is 24.6 Å². The van der Waals surface area contributed by atoms with Crippen LogP contribution in [-0.4, -0.2) is 47.9 Å². The number of fused-ring (bicyclic) bond motifs is 2. The van der Waals surface area contributed by atoms with Gasteiger partial charge in [0.2, 0.25) is 5.89 Å². The minimum Gasteiger partial charge on any atom is -0.486 e. The van der Waals surface area contributed by atoms with Crippen molar-refractivity contribution in [1.82, 2.24) is 9.55 Å². The highest BCUT2D eigenvalue weighted by Crippen LogP contribution is 2.40. The number of hydrogen-bond acceptors (Lipinski definition) is 8. The van der Waals surface area contributed by atoms with Crippen LogP contribution in [0.3, 0.4) is 0 Å². The Balaban J connectivity index is 1.41. The molecule has 0 aliphatic carbocycles. The van der Waals surface area contributed by atoms with Crippen molar-refractivity contribution in [2.24, 2.45) is 12.8 Å². The number of amides is 1. The highest BCUT2D eigenvalue weighted by molar-refractivity contribution is 6.07. The van der Waals surface area contributed by atoms with Crippen LogP contribution in [0.4, 0.5) is 5.69 Å². The van der Waals surface area contributed by atoms with E-state index in [-0.39, 0.29) is 17.1 Å². The quantitative estimate of drug-likeness (QED) is 0.404. The second-order valence-electron chi connectivity index (χ2n) is 11.1. The van der Waals surface area contributed by atoms with Gasteiger partial charge in [-0.1, -0.05) is 13.0 Å². The smallest absolute Gasteiger partial charge is 0.265 e. The number of nitriles is 1. The third-order valence-electron chi connectivity index (χ3n) is 8.26. The molecule has 1 atom stereocenters. The molecule has 0 unspecified atom stereocenters. The number of carbonyl (C=O) groups is 1. The number of nitrogens with two attached hydrogens (primary N) is 1. The Morgan fingerprint density at radius 1 is 1.25 bits per heavy atom. The van der Waals surface area contributed by atoms with Crippen LogP contribution in [-0.2, 0) is 17.2 Å². The summed E-state index contributed by atoms with van der Waals surface area (Å²) < 4.78 is 19.0. The Kier molecular flexibility index (Phi) is 6.27. The van der Waals surface area contributed by atoms with Crippen molar-refractivity contribution in [3.8, 4) is 11.8 Å². The van der Waals surface area contributed by atoms with Crippen LogP contribution in [0, 0.1) is 18.3 Å². The maximum atomic E-state index is 13.5. The highest BCUT2D eigenvalue weighted by Gasteiger charge is 2.38. The Bertz CT molecular complexity index is 1750. The van der Waals surface area contributed by atoms with Crippen LogP contribution in [0.25, 0.3) is 22.0 Å². The predicted molar refractivity (Wildman–Crippen MR) is 150 cm³/mol. The van der Waals surface area contributed by atoms with Crippen LogP contribution < -0.4 is 20.9 Å². The highest BCUT2D eigenvalue weighted by atomic mass is 16.5. The summed E-state index contributed by atoms with van der Waals surface area (Å²) in [6.45, 7) is 6.27. The minimum atomic E-state index is -0.804. The lowest BCUT2D eigenvalue weighted by atomic mass is 9.80. The lowest BCUT2D eigenvalue weighted by Gasteiger charge is -2.39. The second kappa shape index (κ2) is 9.68. The number of ether oxygens (including phenoxy) is 2. The standard InChI is InChI=1S/C30H31N5O5/c1-17-4-5-23-21(12-17)33-29(40-23)30(2)7-9-35(10-8-30)26-20-13-18(15-31)24(39-19-6-11-38-16-19)14-22(20)34(3)28(37)25(26)27(32)36/h4-5,12-14,19H,6-11,16H2,1-3H3,(H2,32,36)/t19-/m0/s1. The number of piperidine rings is 1. The molecule has 0 spiro atoms. The molecular formula is C30H31N5O5. The number of aromatic nitrogens is 2. The average Bonchev–Trinajstić information content (AvgIpc) is 3.61. The van der Waals surface area contributed by atoms with Gasteiger partial charge in [0.05, 0.1) is 30.0 Å².